The second kappa shape index (κ2) is 4.54. The molecule has 1 rings (SSSR count). The fourth-order valence-corrected chi connectivity index (χ4v) is 1.05. The Morgan fingerprint density at radius 1 is 1.67 bits per heavy atom. The first kappa shape index (κ1) is 11.2. The quantitative estimate of drug-likeness (QED) is 0.588. The number of nitrogens with zero attached hydrogens (tertiary/aromatic N) is 4. The van der Waals surface area contributed by atoms with E-state index in [9.17, 15) is 10.1 Å². The van der Waals surface area contributed by atoms with Gasteiger partial charge in [-0.2, -0.15) is 4.98 Å². The normalized spacial score (nSPS) is 9.80. The summed E-state index contributed by atoms with van der Waals surface area (Å²) < 4.78 is 0. The van der Waals surface area contributed by atoms with Crippen molar-refractivity contribution in [2.75, 3.05) is 30.9 Å². The van der Waals surface area contributed by atoms with Crippen molar-refractivity contribution in [2.24, 2.45) is 0 Å². The lowest BCUT2D eigenvalue weighted by molar-refractivity contribution is -0.384. The van der Waals surface area contributed by atoms with Crippen molar-refractivity contribution in [3.05, 3.63) is 16.3 Å². The van der Waals surface area contributed by atoms with Gasteiger partial charge in [0.1, 0.15) is 6.20 Å². The van der Waals surface area contributed by atoms with Crippen LogP contribution in [0.5, 0.6) is 0 Å². The van der Waals surface area contributed by atoms with Crippen molar-refractivity contribution in [3.8, 4) is 0 Å². The van der Waals surface area contributed by atoms with Crippen molar-refractivity contribution in [1.29, 1.82) is 0 Å². The minimum Gasteiger partial charge on any atom is -0.357 e. The summed E-state index contributed by atoms with van der Waals surface area (Å²) in [6, 6.07) is 0. The van der Waals surface area contributed by atoms with Crippen LogP contribution in [0.15, 0.2) is 6.20 Å². The van der Waals surface area contributed by atoms with Crippen LogP contribution in [-0.2, 0) is 0 Å². The summed E-state index contributed by atoms with van der Waals surface area (Å²) >= 11 is 0. The van der Waals surface area contributed by atoms with Gasteiger partial charge in [0.25, 0.3) is 0 Å². The van der Waals surface area contributed by atoms with E-state index in [2.05, 4.69) is 15.3 Å². The Morgan fingerprint density at radius 3 is 2.80 bits per heavy atom. The van der Waals surface area contributed by atoms with Crippen LogP contribution in [-0.4, -0.2) is 35.5 Å². The van der Waals surface area contributed by atoms with Gasteiger partial charge < -0.3 is 10.2 Å². The smallest absolute Gasteiger partial charge is 0.329 e. The zero-order valence-electron chi connectivity index (χ0n) is 8.89. The molecule has 1 aromatic rings. The van der Waals surface area contributed by atoms with E-state index in [0.29, 0.717) is 18.3 Å². The summed E-state index contributed by atoms with van der Waals surface area (Å²) in [5.74, 6) is 0.692. The van der Waals surface area contributed by atoms with Crippen LogP contribution in [0.4, 0.5) is 17.5 Å². The highest BCUT2D eigenvalue weighted by Crippen LogP contribution is 2.24. The summed E-state index contributed by atoms with van der Waals surface area (Å²) in [6.45, 7) is 2.53. The molecule has 0 fully saturated rings. The van der Waals surface area contributed by atoms with Crippen LogP contribution < -0.4 is 10.2 Å². The summed E-state index contributed by atoms with van der Waals surface area (Å²) in [4.78, 5) is 19.8. The first-order valence-corrected chi connectivity index (χ1v) is 4.50. The Balaban J connectivity index is 3.22. The Kier molecular flexibility index (Phi) is 3.37. The first-order valence-electron chi connectivity index (χ1n) is 4.50. The zero-order chi connectivity index (χ0) is 11.4. The fraction of sp³-hybridized carbons (Fsp3) is 0.500. The van der Waals surface area contributed by atoms with Gasteiger partial charge in [0.15, 0.2) is 0 Å². The van der Waals surface area contributed by atoms with Crippen LogP contribution in [0.3, 0.4) is 0 Å². The van der Waals surface area contributed by atoms with Crippen LogP contribution in [0.2, 0.25) is 0 Å². The highest BCUT2D eigenvalue weighted by molar-refractivity contribution is 5.58. The monoisotopic (exact) mass is 211 g/mol. The Morgan fingerprint density at radius 2 is 2.33 bits per heavy atom. The van der Waals surface area contributed by atoms with E-state index in [1.54, 1.807) is 19.0 Å². The topological polar surface area (TPSA) is 84.2 Å². The Labute approximate surface area is 87.3 Å². The van der Waals surface area contributed by atoms with E-state index in [1.807, 2.05) is 6.92 Å². The second-order valence-corrected chi connectivity index (χ2v) is 2.92. The maximum Gasteiger partial charge on any atom is 0.329 e. The molecule has 1 aromatic heterocycles. The number of hydrogen-bond donors (Lipinski definition) is 1. The molecule has 0 atom stereocenters. The first-order chi connectivity index (χ1) is 7.10. The third kappa shape index (κ3) is 2.30. The SMILES string of the molecule is CCN(C)c1nc(NC)ncc1[N+](=O)[O-]. The zero-order valence-corrected chi connectivity index (χ0v) is 8.89. The fourth-order valence-electron chi connectivity index (χ4n) is 1.05. The van der Waals surface area contributed by atoms with Crippen molar-refractivity contribution >= 4 is 17.5 Å². The second-order valence-electron chi connectivity index (χ2n) is 2.92. The molecule has 0 saturated carbocycles. The van der Waals surface area contributed by atoms with E-state index in [-0.39, 0.29) is 5.69 Å². The number of nitro groups is 1. The van der Waals surface area contributed by atoms with Crippen LogP contribution in [0.1, 0.15) is 6.92 Å². The molecule has 0 aliphatic rings. The van der Waals surface area contributed by atoms with Gasteiger partial charge in [-0.25, -0.2) is 4.98 Å². The average molecular weight is 211 g/mol. The van der Waals surface area contributed by atoms with Gasteiger partial charge in [-0.15, -0.1) is 0 Å². The summed E-state index contributed by atoms with van der Waals surface area (Å²) in [5, 5.41) is 13.5. The number of hydrogen-bond acceptors (Lipinski definition) is 6. The average Bonchev–Trinajstić information content (AvgIpc) is 2.26. The predicted molar refractivity (Wildman–Crippen MR) is 57.2 cm³/mol. The van der Waals surface area contributed by atoms with E-state index in [1.165, 1.54) is 6.20 Å². The minimum absolute atomic E-state index is 0.0849. The van der Waals surface area contributed by atoms with Crippen molar-refractivity contribution in [2.45, 2.75) is 6.92 Å². The maximum absolute atomic E-state index is 10.7. The molecule has 0 amide bonds. The number of rotatable bonds is 4. The van der Waals surface area contributed by atoms with Gasteiger partial charge in [-0.3, -0.25) is 10.1 Å². The van der Waals surface area contributed by atoms with Crippen molar-refractivity contribution in [3.63, 3.8) is 0 Å². The summed E-state index contributed by atoms with van der Waals surface area (Å²) in [7, 11) is 3.41. The molecule has 7 nitrogen and oxygen atoms in total. The maximum atomic E-state index is 10.7. The van der Waals surface area contributed by atoms with Crippen molar-refractivity contribution in [1.82, 2.24) is 9.97 Å². The highest BCUT2D eigenvalue weighted by Gasteiger charge is 2.19. The molecule has 1 heterocycles. The van der Waals surface area contributed by atoms with Crippen molar-refractivity contribution < 1.29 is 4.92 Å². The standard InChI is InChI=1S/C8H13N5O2/c1-4-12(3)7-6(13(14)15)5-10-8(9-2)11-7/h5H,4H2,1-3H3,(H,9,10,11). The van der Waals surface area contributed by atoms with Gasteiger partial charge in [-0.1, -0.05) is 0 Å². The Bertz CT molecular complexity index is 368. The molecule has 0 unspecified atom stereocenters. The molecule has 15 heavy (non-hydrogen) atoms. The van der Waals surface area contributed by atoms with Gasteiger partial charge in [-0.05, 0) is 6.92 Å². The third-order valence-electron chi connectivity index (χ3n) is 2.01. The molecule has 0 aromatic carbocycles. The van der Waals surface area contributed by atoms with Crippen LogP contribution >= 0.6 is 0 Å². The number of nitrogens with one attached hydrogen (secondary N) is 1. The Hall–Kier alpha value is -1.92. The van der Waals surface area contributed by atoms with E-state index >= 15 is 0 Å². The molecule has 0 radical (unpaired) electrons. The molecule has 0 saturated heterocycles. The number of anilines is 2. The molecule has 1 N–H and O–H groups in total. The lowest BCUT2D eigenvalue weighted by Gasteiger charge is -2.15. The third-order valence-corrected chi connectivity index (χ3v) is 2.01. The molecule has 0 spiro atoms. The molecular formula is C8H13N5O2. The lowest BCUT2D eigenvalue weighted by Crippen LogP contribution is -2.19. The predicted octanol–water partition coefficient (Wildman–Crippen LogP) is 0.883. The van der Waals surface area contributed by atoms with Crippen LogP contribution in [0.25, 0.3) is 0 Å². The summed E-state index contributed by atoms with van der Waals surface area (Å²) in [6.07, 6.45) is 1.21. The largest absolute Gasteiger partial charge is 0.357 e. The van der Waals surface area contributed by atoms with Gasteiger partial charge in [0.05, 0.1) is 4.92 Å². The molecule has 0 aliphatic heterocycles. The molecule has 82 valence electrons. The van der Waals surface area contributed by atoms with Gasteiger partial charge in [0.2, 0.25) is 11.8 Å². The molecule has 0 aliphatic carbocycles. The van der Waals surface area contributed by atoms with E-state index < -0.39 is 4.92 Å². The molecule has 7 heteroatoms. The van der Waals surface area contributed by atoms with E-state index in [4.69, 9.17) is 0 Å². The van der Waals surface area contributed by atoms with Gasteiger partial charge >= 0.3 is 5.69 Å². The highest BCUT2D eigenvalue weighted by atomic mass is 16.6. The summed E-state index contributed by atoms with van der Waals surface area (Å²) in [5.41, 5.74) is -0.0849. The van der Waals surface area contributed by atoms with Crippen LogP contribution in [0, 0.1) is 10.1 Å². The minimum atomic E-state index is -0.485. The molecular weight excluding hydrogens is 198 g/mol. The number of aromatic nitrogens is 2. The molecule has 0 bridgehead atoms. The lowest BCUT2D eigenvalue weighted by atomic mass is 10.4. The van der Waals surface area contributed by atoms with E-state index in [0.717, 1.165) is 0 Å². The van der Waals surface area contributed by atoms with Gasteiger partial charge in [0, 0.05) is 20.6 Å².